The minimum Gasteiger partial charge on any atom is -0.483 e. The molecular weight excluding hydrogens is 320 g/mol. The molecule has 2 fully saturated rings. The predicted octanol–water partition coefficient (Wildman–Crippen LogP) is 3.45. The fourth-order valence-electron chi connectivity index (χ4n) is 3.94. The summed E-state index contributed by atoms with van der Waals surface area (Å²) in [6.07, 6.45) is 10.0. The molecule has 1 amide bonds. The van der Waals surface area contributed by atoms with Gasteiger partial charge in [0.1, 0.15) is 6.61 Å². The molecule has 0 unspecified atom stereocenters. The van der Waals surface area contributed by atoms with Crippen LogP contribution in [0.4, 0.5) is 0 Å². The quantitative estimate of drug-likeness (QED) is 0.819. The fraction of sp³-hybridized carbons (Fsp3) is 0.737. The van der Waals surface area contributed by atoms with Crippen molar-refractivity contribution in [3.63, 3.8) is 0 Å². The van der Waals surface area contributed by atoms with Gasteiger partial charge in [-0.1, -0.05) is 32.1 Å². The highest BCUT2D eigenvalue weighted by molar-refractivity contribution is 7.13. The summed E-state index contributed by atoms with van der Waals surface area (Å²) in [4.78, 5) is 15.0. The molecule has 4 nitrogen and oxygen atoms in total. The van der Waals surface area contributed by atoms with Crippen LogP contribution in [0.5, 0.6) is 5.06 Å². The molecule has 1 aliphatic carbocycles. The molecule has 24 heavy (non-hydrogen) atoms. The van der Waals surface area contributed by atoms with Crippen LogP contribution in [0.1, 0.15) is 49.8 Å². The zero-order valence-corrected chi connectivity index (χ0v) is 15.4. The van der Waals surface area contributed by atoms with E-state index in [4.69, 9.17) is 10.5 Å². The summed E-state index contributed by atoms with van der Waals surface area (Å²) in [6, 6.07) is 4.37. The normalized spacial score (nSPS) is 21.0. The van der Waals surface area contributed by atoms with Crippen molar-refractivity contribution in [3.8, 4) is 5.06 Å². The number of nitrogens with two attached hydrogens (primary N) is 1. The lowest BCUT2D eigenvalue weighted by atomic mass is 9.87. The van der Waals surface area contributed by atoms with Crippen LogP contribution in [0.2, 0.25) is 0 Å². The average molecular weight is 351 g/mol. The lowest BCUT2D eigenvalue weighted by molar-refractivity contribution is -0.123. The van der Waals surface area contributed by atoms with Gasteiger partial charge in [-0.05, 0) is 50.4 Å². The third-order valence-corrected chi connectivity index (χ3v) is 6.51. The zero-order chi connectivity index (χ0) is 16.8. The van der Waals surface area contributed by atoms with E-state index in [0.29, 0.717) is 0 Å². The minimum atomic E-state index is -0.144. The van der Waals surface area contributed by atoms with Gasteiger partial charge in [0.25, 0.3) is 0 Å². The molecule has 1 aromatic rings. The van der Waals surface area contributed by atoms with Crippen molar-refractivity contribution in [2.45, 2.75) is 51.4 Å². The molecule has 0 aromatic carbocycles. The molecule has 0 bridgehead atoms. The van der Waals surface area contributed by atoms with Gasteiger partial charge in [0.15, 0.2) is 5.06 Å². The highest BCUT2D eigenvalue weighted by Gasteiger charge is 2.22. The molecule has 0 radical (unpaired) electrons. The molecule has 1 aliphatic heterocycles. The van der Waals surface area contributed by atoms with Crippen molar-refractivity contribution in [2.24, 2.45) is 17.6 Å². The summed E-state index contributed by atoms with van der Waals surface area (Å²) in [6.45, 7) is 3.56. The molecule has 1 saturated carbocycles. The zero-order valence-electron chi connectivity index (χ0n) is 14.5. The number of thiophene rings is 1. The summed E-state index contributed by atoms with van der Waals surface area (Å²) in [7, 11) is 0. The minimum absolute atomic E-state index is 0.0711. The Morgan fingerprint density at radius 3 is 2.62 bits per heavy atom. The molecule has 1 aromatic heterocycles. The van der Waals surface area contributed by atoms with E-state index in [1.54, 1.807) is 0 Å². The Labute approximate surface area is 149 Å². The molecule has 5 heteroatoms. The maximum Gasteiger partial charge on any atom is 0.220 e. The molecule has 0 atom stereocenters. The molecule has 1 saturated heterocycles. The number of likely N-dealkylation sites (tertiary alicyclic amines) is 1. The number of piperidine rings is 1. The highest BCUT2D eigenvalue weighted by atomic mass is 32.1. The summed E-state index contributed by atoms with van der Waals surface area (Å²) in [5, 5.41) is 1.05. The topological polar surface area (TPSA) is 55.6 Å². The van der Waals surface area contributed by atoms with Gasteiger partial charge in [-0.3, -0.25) is 9.69 Å². The Morgan fingerprint density at radius 2 is 1.92 bits per heavy atom. The molecule has 3 rings (SSSR count). The van der Waals surface area contributed by atoms with E-state index in [2.05, 4.69) is 17.0 Å². The van der Waals surface area contributed by atoms with Crippen LogP contribution in [0.25, 0.3) is 0 Å². The number of ether oxygens (including phenoxy) is 1. The van der Waals surface area contributed by atoms with Gasteiger partial charge in [-0.2, -0.15) is 0 Å². The van der Waals surface area contributed by atoms with Crippen molar-refractivity contribution in [1.29, 1.82) is 0 Å². The van der Waals surface area contributed by atoms with Crippen LogP contribution < -0.4 is 10.5 Å². The first kappa shape index (κ1) is 17.7. The van der Waals surface area contributed by atoms with Crippen LogP contribution in [0.15, 0.2) is 12.1 Å². The summed E-state index contributed by atoms with van der Waals surface area (Å²) >= 11 is 1.82. The maximum atomic E-state index is 11.2. The summed E-state index contributed by atoms with van der Waals surface area (Å²) in [5.74, 6) is 0.814. The number of carbonyl (C=O) groups excluding carboxylic acids is 1. The summed E-state index contributed by atoms with van der Waals surface area (Å²) < 4.78 is 5.94. The first-order valence-corrected chi connectivity index (χ1v) is 10.3. The Hall–Kier alpha value is -1.07. The Balaban J connectivity index is 1.34. The molecular formula is C19H30N2O2S. The third-order valence-electron chi connectivity index (χ3n) is 5.49. The van der Waals surface area contributed by atoms with Crippen molar-refractivity contribution in [1.82, 2.24) is 4.90 Å². The number of amides is 1. The van der Waals surface area contributed by atoms with E-state index in [1.807, 2.05) is 11.3 Å². The van der Waals surface area contributed by atoms with Crippen molar-refractivity contribution in [3.05, 3.63) is 17.0 Å². The van der Waals surface area contributed by atoms with Gasteiger partial charge < -0.3 is 10.5 Å². The van der Waals surface area contributed by atoms with Gasteiger partial charge >= 0.3 is 0 Å². The van der Waals surface area contributed by atoms with Gasteiger partial charge in [0.2, 0.25) is 5.91 Å². The molecule has 2 heterocycles. The second-order valence-corrected chi connectivity index (χ2v) is 8.43. The van der Waals surface area contributed by atoms with E-state index < -0.39 is 0 Å². The van der Waals surface area contributed by atoms with E-state index >= 15 is 0 Å². The number of primary amides is 1. The van der Waals surface area contributed by atoms with Crippen molar-refractivity contribution < 1.29 is 9.53 Å². The highest BCUT2D eigenvalue weighted by Crippen LogP contribution is 2.31. The van der Waals surface area contributed by atoms with Gasteiger partial charge in [0.05, 0.1) is 0 Å². The van der Waals surface area contributed by atoms with Crippen LogP contribution >= 0.6 is 11.3 Å². The van der Waals surface area contributed by atoms with Gasteiger partial charge in [-0.25, -0.2) is 0 Å². The Bertz CT molecular complexity index is 517. The first-order chi connectivity index (χ1) is 11.7. The number of hydrogen-bond donors (Lipinski definition) is 1. The lowest BCUT2D eigenvalue weighted by Gasteiger charge is -2.30. The van der Waals surface area contributed by atoms with Crippen molar-refractivity contribution >= 4 is 17.2 Å². The standard InChI is InChI=1S/C19H30N2O2S/c20-19(22)16-8-10-21(11-9-16)12-13-23-18-7-6-17(24-18)14-15-4-2-1-3-5-15/h6-7,15-16H,1-5,8-14H2,(H2,20,22). The molecule has 2 N–H and O–H groups in total. The van der Waals surface area contributed by atoms with E-state index in [9.17, 15) is 4.79 Å². The largest absolute Gasteiger partial charge is 0.483 e. The van der Waals surface area contributed by atoms with Gasteiger partial charge in [-0.15, -0.1) is 11.3 Å². The number of hydrogen-bond acceptors (Lipinski definition) is 4. The number of carbonyl (C=O) groups is 1. The van der Waals surface area contributed by atoms with E-state index in [-0.39, 0.29) is 11.8 Å². The average Bonchev–Trinajstić information content (AvgIpc) is 3.03. The monoisotopic (exact) mass is 350 g/mol. The Kier molecular flexibility index (Phi) is 6.55. The van der Waals surface area contributed by atoms with E-state index in [1.165, 1.54) is 43.4 Å². The van der Waals surface area contributed by atoms with Crippen LogP contribution in [0.3, 0.4) is 0 Å². The smallest absolute Gasteiger partial charge is 0.220 e. The Morgan fingerprint density at radius 1 is 1.17 bits per heavy atom. The lowest BCUT2D eigenvalue weighted by Crippen LogP contribution is -2.40. The predicted molar refractivity (Wildman–Crippen MR) is 98.5 cm³/mol. The van der Waals surface area contributed by atoms with Crippen LogP contribution in [0, 0.1) is 11.8 Å². The SMILES string of the molecule is NC(=O)C1CCN(CCOc2ccc(CC3CCCCC3)s2)CC1. The van der Waals surface area contributed by atoms with Crippen LogP contribution in [-0.4, -0.2) is 37.0 Å². The molecule has 2 aliphatic rings. The second-order valence-electron chi connectivity index (χ2n) is 7.30. The fourth-order valence-corrected chi connectivity index (χ4v) is 4.93. The summed E-state index contributed by atoms with van der Waals surface area (Å²) in [5.41, 5.74) is 5.38. The number of rotatable bonds is 7. The molecule has 134 valence electrons. The van der Waals surface area contributed by atoms with Gasteiger partial charge in [0, 0.05) is 17.3 Å². The number of nitrogens with zero attached hydrogens (tertiary/aromatic N) is 1. The second kappa shape index (κ2) is 8.86. The van der Waals surface area contributed by atoms with Crippen LogP contribution in [-0.2, 0) is 11.2 Å². The maximum absolute atomic E-state index is 11.2. The molecule has 0 spiro atoms. The van der Waals surface area contributed by atoms with Crippen molar-refractivity contribution in [2.75, 3.05) is 26.2 Å². The third kappa shape index (κ3) is 5.21. The first-order valence-electron chi connectivity index (χ1n) is 9.44. The van der Waals surface area contributed by atoms with E-state index in [0.717, 1.165) is 50.1 Å².